The van der Waals surface area contributed by atoms with Gasteiger partial charge in [-0.1, -0.05) is 6.92 Å². The number of rotatable bonds is 7. The molecule has 4 heteroatoms. The summed E-state index contributed by atoms with van der Waals surface area (Å²) in [6, 6.07) is 2.08. The van der Waals surface area contributed by atoms with E-state index in [1.807, 2.05) is 17.9 Å². The molecule has 0 amide bonds. The van der Waals surface area contributed by atoms with Crippen molar-refractivity contribution < 1.29 is 0 Å². The monoisotopic (exact) mass is 229 g/mol. The normalized spacial score (nSPS) is 11.2. The van der Waals surface area contributed by atoms with Crippen molar-refractivity contribution >= 4 is 11.6 Å². The van der Waals surface area contributed by atoms with Gasteiger partial charge in [-0.15, -0.1) is 11.6 Å². The van der Waals surface area contributed by atoms with E-state index >= 15 is 0 Å². The average Bonchev–Trinajstić information content (AvgIpc) is 2.65. The summed E-state index contributed by atoms with van der Waals surface area (Å²) in [5, 5.41) is 4.16. The molecule has 0 atom stereocenters. The molecular formula is C11H20ClN3. The molecule has 0 aromatic carbocycles. The van der Waals surface area contributed by atoms with Gasteiger partial charge in [0.25, 0.3) is 0 Å². The summed E-state index contributed by atoms with van der Waals surface area (Å²) in [6.45, 7) is 5.47. The van der Waals surface area contributed by atoms with Crippen molar-refractivity contribution in [1.82, 2.24) is 14.7 Å². The summed E-state index contributed by atoms with van der Waals surface area (Å²) < 4.78 is 1.94. The molecule has 1 heterocycles. The highest BCUT2D eigenvalue weighted by atomic mass is 35.5. The number of likely N-dealkylation sites (N-methyl/N-ethyl adjacent to an activating group) is 1. The molecule has 1 aromatic heterocycles. The minimum atomic E-state index is 0.752. The van der Waals surface area contributed by atoms with Gasteiger partial charge in [-0.3, -0.25) is 4.68 Å². The van der Waals surface area contributed by atoms with E-state index in [0.717, 1.165) is 38.4 Å². The molecule has 3 nitrogen and oxygen atoms in total. The lowest BCUT2D eigenvalue weighted by molar-refractivity contribution is 0.291. The van der Waals surface area contributed by atoms with E-state index in [-0.39, 0.29) is 0 Å². The van der Waals surface area contributed by atoms with Crippen LogP contribution in [0.3, 0.4) is 0 Å². The quantitative estimate of drug-likeness (QED) is 0.667. The van der Waals surface area contributed by atoms with E-state index in [1.165, 1.54) is 5.69 Å². The first kappa shape index (κ1) is 12.5. The van der Waals surface area contributed by atoms with E-state index in [1.54, 1.807) is 0 Å². The van der Waals surface area contributed by atoms with E-state index < -0.39 is 0 Å². The molecule has 0 aliphatic carbocycles. The highest BCUT2D eigenvalue weighted by Crippen LogP contribution is 2.01. The molecule has 1 aromatic rings. The van der Waals surface area contributed by atoms with Crippen molar-refractivity contribution in [3.63, 3.8) is 0 Å². The fraction of sp³-hybridized carbons (Fsp3) is 0.727. The minimum Gasteiger partial charge on any atom is -0.303 e. The molecule has 1 rings (SSSR count). The summed E-state index contributed by atoms with van der Waals surface area (Å²) in [4.78, 5) is 2.43. The van der Waals surface area contributed by atoms with Crippen LogP contribution in [-0.4, -0.2) is 40.2 Å². The molecule has 0 N–H and O–H groups in total. The summed E-state index contributed by atoms with van der Waals surface area (Å²) in [5.74, 6) is 0.752. The third kappa shape index (κ3) is 4.22. The van der Waals surface area contributed by atoms with Crippen LogP contribution in [0.15, 0.2) is 12.3 Å². The topological polar surface area (TPSA) is 21.1 Å². The Morgan fingerprint density at radius 3 is 2.80 bits per heavy atom. The van der Waals surface area contributed by atoms with Crippen molar-refractivity contribution in [2.24, 2.45) is 7.05 Å². The second-order valence-corrected chi connectivity index (χ2v) is 4.05. The zero-order valence-electron chi connectivity index (χ0n) is 9.62. The third-order valence-corrected chi connectivity index (χ3v) is 2.93. The Labute approximate surface area is 97.0 Å². The Morgan fingerprint density at radius 1 is 1.47 bits per heavy atom. The number of nitrogens with zero attached hydrogens (tertiary/aromatic N) is 3. The van der Waals surface area contributed by atoms with Crippen molar-refractivity contribution in [2.45, 2.75) is 19.8 Å². The number of hydrogen-bond donors (Lipinski definition) is 0. The molecule has 0 aliphatic rings. The fourth-order valence-electron chi connectivity index (χ4n) is 1.63. The lowest BCUT2D eigenvalue weighted by Gasteiger charge is -2.19. The molecule has 15 heavy (non-hydrogen) atoms. The molecule has 0 aliphatic heterocycles. The highest BCUT2D eigenvalue weighted by molar-refractivity contribution is 6.17. The maximum Gasteiger partial charge on any atom is 0.0492 e. The second kappa shape index (κ2) is 6.85. The number of alkyl halides is 1. The first-order valence-electron chi connectivity index (χ1n) is 5.53. The number of aromatic nitrogens is 2. The molecule has 86 valence electrons. The van der Waals surface area contributed by atoms with Gasteiger partial charge in [-0.25, -0.2) is 0 Å². The summed E-state index contributed by atoms with van der Waals surface area (Å²) in [6.07, 6.45) is 3.98. The molecule has 0 fully saturated rings. The Balaban J connectivity index is 2.31. The van der Waals surface area contributed by atoms with Gasteiger partial charge in [-0.05, 0) is 25.6 Å². The van der Waals surface area contributed by atoms with Crippen molar-refractivity contribution in [1.29, 1.82) is 0 Å². The lowest BCUT2D eigenvalue weighted by Crippen LogP contribution is -2.27. The molecule has 0 radical (unpaired) electrons. The van der Waals surface area contributed by atoms with Crippen molar-refractivity contribution in [2.75, 3.05) is 25.5 Å². The van der Waals surface area contributed by atoms with E-state index in [0.29, 0.717) is 0 Å². The van der Waals surface area contributed by atoms with Crippen LogP contribution in [-0.2, 0) is 13.5 Å². The number of hydrogen-bond acceptors (Lipinski definition) is 2. The Morgan fingerprint density at radius 2 is 2.27 bits per heavy atom. The Hall–Kier alpha value is -0.540. The van der Waals surface area contributed by atoms with Crippen LogP contribution in [0.1, 0.15) is 19.0 Å². The van der Waals surface area contributed by atoms with E-state index in [2.05, 4.69) is 23.0 Å². The van der Waals surface area contributed by atoms with Crippen LogP contribution in [0.25, 0.3) is 0 Å². The van der Waals surface area contributed by atoms with Gasteiger partial charge in [0.05, 0.1) is 0 Å². The second-order valence-electron chi connectivity index (χ2n) is 3.67. The lowest BCUT2D eigenvalue weighted by atomic mass is 10.3. The predicted octanol–water partition coefficient (Wildman–Crippen LogP) is 1.91. The largest absolute Gasteiger partial charge is 0.303 e. The van der Waals surface area contributed by atoms with Gasteiger partial charge in [0.2, 0.25) is 0 Å². The average molecular weight is 230 g/mol. The minimum absolute atomic E-state index is 0.752. The smallest absolute Gasteiger partial charge is 0.0492 e. The van der Waals surface area contributed by atoms with Crippen molar-refractivity contribution in [3.8, 4) is 0 Å². The van der Waals surface area contributed by atoms with Crippen LogP contribution in [0.2, 0.25) is 0 Å². The number of halogens is 1. The summed E-state index contributed by atoms with van der Waals surface area (Å²) >= 11 is 5.69. The van der Waals surface area contributed by atoms with Gasteiger partial charge >= 0.3 is 0 Å². The summed E-state index contributed by atoms with van der Waals surface area (Å²) in [5.41, 5.74) is 1.29. The predicted molar refractivity (Wildman–Crippen MR) is 64.4 cm³/mol. The summed E-state index contributed by atoms with van der Waals surface area (Å²) in [7, 11) is 1.99. The zero-order chi connectivity index (χ0) is 11.1. The Bertz CT molecular complexity index is 273. The van der Waals surface area contributed by atoms with Crippen LogP contribution < -0.4 is 0 Å². The SMILES string of the molecule is CCN(CCCCl)CCc1ccnn1C. The molecule has 0 spiro atoms. The van der Waals surface area contributed by atoms with Gasteiger partial charge < -0.3 is 4.90 Å². The molecule has 0 unspecified atom stereocenters. The zero-order valence-corrected chi connectivity index (χ0v) is 10.4. The molecular weight excluding hydrogens is 210 g/mol. The van der Waals surface area contributed by atoms with Gasteiger partial charge in [-0.2, -0.15) is 5.10 Å². The van der Waals surface area contributed by atoms with Gasteiger partial charge in [0.1, 0.15) is 0 Å². The van der Waals surface area contributed by atoms with Crippen molar-refractivity contribution in [3.05, 3.63) is 18.0 Å². The van der Waals surface area contributed by atoms with Crippen LogP contribution in [0.4, 0.5) is 0 Å². The molecule has 0 bridgehead atoms. The third-order valence-electron chi connectivity index (χ3n) is 2.66. The van der Waals surface area contributed by atoms with Gasteiger partial charge in [0, 0.05) is 37.8 Å². The van der Waals surface area contributed by atoms with Crippen LogP contribution in [0, 0.1) is 0 Å². The van der Waals surface area contributed by atoms with Crippen LogP contribution in [0.5, 0.6) is 0 Å². The van der Waals surface area contributed by atoms with E-state index in [9.17, 15) is 0 Å². The fourth-order valence-corrected chi connectivity index (χ4v) is 1.75. The maximum atomic E-state index is 5.69. The number of aryl methyl sites for hydroxylation is 1. The standard InChI is InChI=1S/C11H20ClN3/c1-3-15(9-4-7-12)10-6-11-5-8-13-14(11)2/h5,8H,3-4,6-7,9-10H2,1-2H3. The molecule has 0 saturated heterocycles. The van der Waals surface area contributed by atoms with Gasteiger partial charge in [0.15, 0.2) is 0 Å². The maximum absolute atomic E-state index is 5.69. The highest BCUT2D eigenvalue weighted by Gasteiger charge is 2.04. The van der Waals surface area contributed by atoms with Crippen LogP contribution >= 0.6 is 11.6 Å². The first-order chi connectivity index (χ1) is 7.27. The first-order valence-corrected chi connectivity index (χ1v) is 6.06. The van der Waals surface area contributed by atoms with E-state index in [4.69, 9.17) is 11.6 Å². The Kier molecular flexibility index (Phi) is 5.73. The molecule has 0 saturated carbocycles.